The van der Waals surface area contributed by atoms with Gasteiger partial charge in [-0.2, -0.15) is 0 Å². The molecule has 212 valence electrons. The molecule has 0 radical (unpaired) electrons. The number of hydrogen-bond donors (Lipinski definition) is 2. The lowest BCUT2D eigenvalue weighted by Crippen LogP contribution is -2.63. The molecule has 1 rings (SSSR count). The van der Waals surface area contributed by atoms with E-state index in [0.29, 0.717) is 11.5 Å². The van der Waals surface area contributed by atoms with E-state index in [0.717, 1.165) is 19.3 Å². The zero-order valence-electron chi connectivity index (χ0n) is 23.2. The minimum Gasteiger partial charge on any atom is -0.457 e. The molecule has 1 saturated heterocycles. The molecule has 0 aromatic rings. The number of amides is 3. The highest BCUT2D eigenvalue weighted by Gasteiger charge is 2.40. The zero-order valence-corrected chi connectivity index (χ0v) is 23.2. The summed E-state index contributed by atoms with van der Waals surface area (Å²) in [4.78, 5) is 65.8. The Morgan fingerprint density at radius 3 is 1.81 bits per heavy atom. The minimum absolute atomic E-state index is 0.0278. The second kappa shape index (κ2) is 16.4. The summed E-state index contributed by atoms with van der Waals surface area (Å²) in [6, 6.07) is 0. The molecule has 10 nitrogen and oxygen atoms in total. The second-order valence-corrected chi connectivity index (χ2v) is 10.9. The SMILES string of the molecule is CCCCCCCCCCCCCC(=O)NC(N)(CCC(=O)ON1C(=O)CCC1=O)C(=O)OC(C)(C)C. The Labute approximate surface area is 221 Å². The highest BCUT2D eigenvalue weighted by molar-refractivity contribution is 6.01. The molecule has 37 heavy (non-hydrogen) atoms. The maximum atomic E-state index is 12.8. The maximum Gasteiger partial charge on any atom is 0.347 e. The number of hydrogen-bond acceptors (Lipinski definition) is 8. The van der Waals surface area contributed by atoms with Crippen molar-refractivity contribution in [3.8, 4) is 0 Å². The number of nitrogens with two attached hydrogens (primary N) is 1. The Kier molecular flexibility index (Phi) is 14.4. The number of unbranched alkanes of at least 4 members (excludes halogenated alkanes) is 10. The number of imide groups is 1. The summed E-state index contributed by atoms with van der Waals surface area (Å²) in [5.74, 6) is -3.42. The Bertz CT molecular complexity index is 762. The molecule has 1 unspecified atom stereocenters. The van der Waals surface area contributed by atoms with Crippen LogP contribution >= 0.6 is 0 Å². The molecule has 1 aliphatic rings. The molecular weight excluding hydrogens is 478 g/mol. The van der Waals surface area contributed by atoms with Crippen LogP contribution in [-0.2, 0) is 33.5 Å². The predicted molar refractivity (Wildman–Crippen MR) is 138 cm³/mol. The molecule has 0 aromatic heterocycles. The van der Waals surface area contributed by atoms with Crippen molar-refractivity contribution in [3.63, 3.8) is 0 Å². The molecule has 1 aliphatic heterocycles. The summed E-state index contributed by atoms with van der Waals surface area (Å²) in [6.45, 7) is 7.21. The van der Waals surface area contributed by atoms with Crippen molar-refractivity contribution >= 4 is 29.7 Å². The van der Waals surface area contributed by atoms with Crippen LogP contribution in [0.15, 0.2) is 0 Å². The zero-order chi connectivity index (χ0) is 27.9. The van der Waals surface area contributed by atoms with Gasteiger partial charge in [0.2, 0.25) is 5.91 Å². The summed E-state index contributed by atoms with van der Waals surface area (Å²) in [6.07, 6.45) is 12.1. The van der Waals surface area contributed by atoms with Crippen LogP contribution in [0.2, 0.25) is 0 Å². The molecule has 0 bridgehead atoms. The Morgan fingerprint density at radius 2 is 1.32 bits per heavy atom. The highest BCUT2D eigenvalue weighted by atomic mass is 16.7. The van der Waals surface area contributed by atoms with E-state index in [4.69, 9.17) is 15.3 Å². The normalized spacial score (nSPS) is 15.4. The third kappa shape index (κ3) is 13.6. The first-order valence-corrected chi connectivity index (χ1v) is 13.8. The largest absolute Gasteiger partial charge is 0.457 e. The number of nitrogens with one attached hydrogen (secondary N) is 1. The lowest BCUT2D eigenvalue weighted by atomic mass is 10.0. The average Bonchev–Trinajstić information content (AvgIpc) is 3.12. The molecule has 0 aliphatic carbocycles. The standard InChI is InChI=1S/C27H47N3O7/c1-5-6-7-8-9-10-11-12-13-14-15-16-21(31)29-27(28,25(35)36-26(2,3)4)20-19-24(34)37-30-22(32)17-18-23(30)33/h5-20,28H2,1-4H3,(H,29,31). The van der Waals surface area contributed by atoms with Crippen LogP contribution in [0.25, 0.3) is 0 Å². The number of carbonyl (C=O) groups excluding carboxylic acids is 5. The minimum atomic E-state index is -1.96. The van der Waals surface area contributed by atoms with E-state index in [-0.39, 0.29) is 25.7 Å². The van der Waals surface area contributed by atoms with Gasteiger partial charge in [0, 0.05) is 25.7 Å². The molecular formula is C27H47N3O7. The van der Waals surface area contributed by atoms with E-state index >= 15 is 0 Å². The van der Waals surface area contributed by atoms with Gasteiger partial charge in [-0.15, -0.1) is 5.06 Å². The molecule has 1 heterocycles. The molecule has 0 spiro atoms. The number of esters is 1. The van der Waals surface area contributed by atoms with Crippen LogP contribution in [0.4, 0.5) is 0 Å². The molecule has 3 N–H and O–H groups in total. The molecule has 0 aromatic carbocycles. The van der Waals surface area contributed by atoms with E-state index in [1.165, 1.54) is 44.9 Å². The monoisotopic (exact) mass is 525 g/mol. The summed E-state index contributed by atoms with van der Waals surface area (Å²) in [7, 11) is 0. The first kappa shape index (κ1) is 32.5. The van der Waals surface area contributed by atoms with Crippen LogP contribution < -0.4 is 11.1 Å². The van der Waals surface area contributed by atoms with Crippen molar-refractivity contribution in [2.45, 2.75) is 142 Å². The van der Waals surface area contributed by atoms with Gasteiger partial charge in [-0.3, -0.25) is 20.1 Å². The van der Waals surface area contributed by atoms with Gasteiger partial charge in [0.25, 0.3) is 11.8 Å². The smallest absolute Gasteiger partial charge is 0.347 e. The van der Waals surface area contributed by atoms with Gasteiger partial charge in [-0.25, -0.2) is 9.59 Å². The fraction of sp³-hybridized carbons (Fsp3) is 0.815. The number of carbonyl (C=O) groups is 5. The van der Waals surface area contributed by atoms with E-state index in [9.17, 15) is 24.0 Å². The molecule has 3 amide bonds. The fourth-order valence-electron chi connectivity index (χ4n) is 3.95. The maximum absolute atomic E-state index is 12.8. The highest BCUT2D eigenvalue weighted by Crippen LogP contribution is 2.19. The van der Waals surface area contributed by atoms with Crippen molar-refractivity contribution in [2.75, 3.05) is 0 Å². The molecule has 1 fully saturated rings. The predicted octanol–water partition coefficient (Wildman–Crippen LogP) is 4.19. The summed E-state index contributed by atoms with van der Waals surface area (Å²) < 4.78 is 5.37. The van der Waals surface area contributed by atoms with Crippen LogP contribution in [0.3, 0.4) is 0 Å². The summed E-state index contributed by atoms with van der Waals surface area (Å²) >= 11 is 0. The third-order valence-electron chi connectivity index (χ3n) is 6.06. The quantitative estimate of drug-likeness (QED) is 0.117. The van der Waals surface area contributed by atoms with Crippen molar-refractivity contribution in [1.29, 1.82) is 0 Å². The van der Waals surface area contributed by atoms with Crippen molar-refractivity contribution < 1.29 is 33.5 Å². The first-order chi connectivity index (χ1) is 17.4. The van der Waals surface area contributed by atoms with E-state index in [1.807, 2.05) is 0 Å². The van der Waals surface area contributed by atoms with Gasteiger partial charge in [-0.05, 0) is 27.2 Å². The molecule has 10 heteroatoms. The number of nitrogens with zero attached hydrogens (tertiary/aromatic N) is 1. The second-order valence-electron chi connectivity index (χ2n) is 10.9. The number of rotatable bonds is 18. The van der Waals surface area contributed by atoms with Crippen LogP contribution in [0, 0.1) is 0 Å². The van der Waals surface area contributed by atoms with Crippen molar-refractivity contribution in [2.24, 2.45) is 5.73 Å². The lowest BCUT2D eigenvalue weighted by molar-refractivity contribution is -0.198. The van der Waals surface area contributed by atoms with Crippen LogP contribution in [0.1, 0.15) is 130 Å². The summed E-state index contributed by atoms with van der Waals surface area (Å²) in [5, 5.41) is 2.96. The van der Waals surface area contributed by atoms with Crippen LogP contribution in [0.5, 0.6) is 0 Å². The third-order valence-corrected chi connectivity index (χ3v) is 6.06. The Balaban J connectivity index is 2.48. The number of hydroxylamine groups is 2. The van der Waals surface area contributed by atoms with Crippen molar-refractivity contribution in [3.05, 3.63) is 0 Å². The van der Waals surface area contributed by atoms with Crippen LogP contribution in [-0.4, -0.2) is 46.0 Å². The Hall–Kier alpha value is -2.49. The van der Waals surface area contributed by atoms with Crippen molar-refractivity contribution in [1.82, 2.24) is 10.4 Å². The van der Waals surface area contributed by atoms with E-state index in [1.54, 1.807) is 20.8 Å². The van der Waals surface area contributed by atoms with E-state index in [2.05, 4.69) is 12.2 Å². The first-order valence-electron chi connectivity index (χ1n) is 13.8. The van der Waals surface area contributed by atoms with Gasteiger partial charge in [0.1, 0.15) is 5.60 Å². The van der Waals surface area contributed by atoms with Gasteiger partial charge in [-0.1, -0.05) is 71.1 Å². The fourth-order valence-corrected chi connectivity index (χ4v) is 3.95. The van der Waals surface area contributed by atoms with Gasteiger partial charge in [0.15, 0.2) is 5.66 Å². The van der Waals surface area contributed by atoms with Gasteiger partial charge < -0.3 is 14.9 Å². The Morgan fingerprint density at radius 1 is 0.838 bits per heavy atom. The molecule has 0 saturated carbocycles. The topological polar surface area (TPSA) is 145 Å². The average molecular weight is 526 g/mol. The molecule has 1 atom stereocenters. The summed E-state index contributed by atoms with van der Waals surface area (Å²) in [5.41, 5.74) is 3.41. The van der Waals surface area contributed by atoms with Gasteiger partial charge in [0.05, 0.1) is 6.42 Å². The number of ether oxygens (including phenoxy) is 1. The van der Waals surface area contributed by atoms with Gasteiger partial charge >= 0.3 is 11.9 Å². The van der Waals surface area contributed by atoms with E-state index < -0.39 is 47.3 Å². The lowest BCUT2D eigenvalue weighted by Gasteiger charge is -2.32.